The molecule has 0 bridgehead atoms. The van der Waals surface area contributed by atoms with Gasteiger partial charge in [0.1, 0.15) is 12.1 Å². The molecule has 0 unspecified atom stereocenters. The van der Waals surface area contributed by atoms with E-state index in [-0.39, 0.29) is 31.6 Å². The van der Waals surface area contributed by atoms with Crippen LogP contribution in [0.5, 0.6) is 0 Å². The van der Waals surface area contributed by atoms with Gasteiger partial charge in [-0.1, -0.05) is 56.4 Å². The summed E-state index contributed by atoms with van der Waals surface area (Å²) in [5.41, 5.74) is 6.30. The van der Waals surface area contributed by atoms with Gasteiger partial charge in [-0.05, 0) is 35.9 Å². The van der Waals surface area contributed by atoms with E-state index in [9.17, 15) is 19.2 Å². The molecule has 5 amide bonds. The zero-order chi connectivity index (χ0) is 25.5. The third-order valence-corrected chi connectivity index (χ3v) is 7.80. The highest BCUT2D eigenvalue weighted by atomic mass is 32.1. The van der Waals surface area contributed by atoms with Crippen LogP contribution in [0.3, 0.4) is 0 Å². The molecule has 192 valence electrons. The lowest BCUT2D eigenvalue weighted by Crippen LogP contribution is -2.63. The fourth-order valence-electron chi connectivity index (χ4n) is 4.97. The highest BCUT2D eigenvalue weighted by Crippen LogP contribution is 2.27. The summed E-state index contributed by atoms with van der Waals surface area (Å²) in [6, 6.07) is 10.4. The highest BCUT2D eigenvalue weighted by molar-refractivity contribution is 7.12. The summed E-state index contributed by atoms with van der Waals surface area (Å²) in [6.45, 7) is 0.484. The normalized spacial score (nSPS) is 19.4. The molecule has 4 rings (SSSR count). The number of anilines is 1. The van der Waals surface area contributed by atoms with Crippen LogP contribution in [0.4, 0.5) is 10.5 Å². The lowest BCUT2D eigenvalue weighted by atomic mass is 9.84. The van der Waals surface area contributed by atoms with Crippen LogP contribution in [0.15, 0.2) is 47.8 Å². The summed E-state index contributed by atoms with van der Waals surface area (Å²) in [5, 5.41) is 7.45. The number of hydrogen-bond acceptors (Lipinski definition) is 5. The van der Waals surface area contributed by atoms with Crippen molar-refractivity contribution in [2.24, 2.45) is 11.7 Å². The Balaban J connectivity index is 1.49. The van der Waals surface area contributed by atoms with E-state index < -0.39 is 23.9 Å². The minimum Gasteiger partial charge on any atom is -0.368 e. The van der Waals surface area contributed by atoms with Crippen LogP contribution in [0.1, 0.15) is 48.2 Å². The maximum atomic E-state index is 13.5. The second-order valence-electron chi connectivity index (χ2n) is 9.44. The van der Waals surface area contributed by atoms with E-state index in [1.807, 2.05) is 18.2 Å². The molecule has 36 heavy (non-hydrogen) atoms. The number of amides is 5. The van der Waals surface area contributed by atoms with Crippen molar-refractivity contribution in [2.45, 2.75) is 50.6 Å². The van der Waals surface area contributed by atoms with Crippen LogP contribution in [-0.2, 0) is 9.59 Å². The largest absolute Gasteiger partial charge is 0.368 e. The molecule has 2 aromatic rings. The topological polar surface area (TPSA) is 125 Å². The van der Waals surface area contributed by atoms with E-state index in [1.165, 1.54) is 27.6 Å². The van der Waals surface area contributed by atoms with E-state index in [4.69, 9.17) is 5.73 Å². The Labute approximate surface area is 215 Å². The predicted octanol–water partition coefficient (Wildman–Crippen LogP) is 3.05. The molecule has 1 aliphatic heterocycles. The van der Waals surface area contributed by atoms with Crippen LogP contribution < -0.4 is 16.4 Å². The molecular weight excluding hydrogens is 478 g/mol. The number of carbonyl (C=O) groups is 4. The Hall–Kier alpha value is -3.40. The number of nitrogens with one attached hydrogen (secondary N) is 2. The van der Waals surface area contributed by atoms with Crippen molar-refractivity contribution >= 4 is 40.8 Å². The average molecular weight is 512 g/mol. The van der Waals surface area contributed by atoms with E-state index in [0.29, 0.717) is 22.9 Å². The Kier molecular flexibility index (Phi) is 8.58. The second kappa shape index (κ2) is 12.0. The smallest absolute Gasteiger partial charge is 0.321 e. The molecule has 1 saturated heterocycles. The third-order valence-electron chi connectivity index (χ3n) is 6.94. The van der Waals surface area contributed by atoms with E-state index in [0.717, 1.165) is 25.7 Å². The summed E-state index contributed by atoms with van der Waals surface area (Å²) >= 11 is 1.30. The molecule has 0 spiro atoms. The molecule has 2 aliphatic rings. The van der Waals surface area contributed by atoms with Gasteiger partial charge in [0.25, 0.3) is 5.91 Å². The second-order valence-corrected chi connectivity index (χ2v) is 10.4. The molecule has 1 aliphatic carbocycles. The molecule has 4 N–H and O–H groups in total. The average Bonchev–Trinajstić information content (AvgIpc) is 3.44. The fourth-order valence-corrected chi connectivity index (χ4v) is 5.65. The summed E-state index contributed by atoms with van der Waals surface area (Å²) in [4.78, 5) is 55.4. The number of nitrogens with zero attached hydrogens (tertiary/aromatic N) is 2. The van der Waals surface area contributed by atoms with E-state index >= 15 is 0 Å². The third kappa shape index (κ3) is 6.42. The molecule has 2 fully saturated rings. The van der Waals surface area contributed by atoms with Crippen molar-refractivity contribution in [1.29, 1.82) is 0 Å². The van der Waals surface area contributed by atoms with Crippen molar-refractivity contribution in [1.82, 2.24) is 15.1 Å². The molecule has 1 saturated carbocycles. The Morgan fingerprint density at radius 3 is 2.42 bits per heavy atom. The maximum Gasteiger partial charge on any atom is 0.321 e. The number of para-hydroxylation sites is 1. The van der Waals surface area contributed by atoms with E-state index in [1.54, 1.807) is 29.6 Å². The van der Waals surface area contributed by atoms with Gasteiger partial charge in [0.15, 0.2) is 0 Å². The lowest BCUT2D eigenvalue weighted by molar-refractivity contribution is -0.131. The van der Waals surface area contributed by atoms with Gasteiger partial charge in [-0.2, -0.15) is 0 Å². The van der Waals surface area contributed by atoms with Crippen molar-refractivity contribution in [3.8, 4) is 0 Å². The summed E-state index contributed by atoms with van der Waals surface area (Å²) in [7, 11) is 0. The van der Waals surface area contributed by atoms with Gasteiger partial charge >= 0.3 is 6.03 Å². The number of benzene rings is 1. The number of nitrogens with two attached hydrogens (primary N) is 1. The van der Waals surface area contributed by atoms with Gasteiger partial charge in [-0.15, -0.1) is 11.3 Å². The number of hydrogen-bond donors (Lipinski definition) is 3. The van der Waals surface area contributed by atoms with Gasteiger partial charge in [0, 0.05) is 18.8 Å². The van der Waals surface area contributed by atoms with Crippen LogP contribution in [0.25, 0.3) is 0 Å². The molecule has 2 atom stereocenters. The van der Waals surface area contributed by atoms with Gasteiger partial charge in [-0.25, -0.2) is 4.79 Å². The lowest BCUT2D eigenvalue weighted by Gasteiger charge is -2.40. The minimum atomic E-state index is -0.942. The quantitative estimate of drug-likeness (QED) is 0.528. The summed E-state index contributed by atoms with van der Waals surface area (Å²) in [6.07, 6.45) is 5.93. The van der Waals surface area contributed by atoms with Crippen molar-refractivity contribution in [2.75, 3.05) is 25.0 Å². The first kappa shape index (κ1) is 25.7. The molecule has 10 heteroatoms. The first-order chi connectivity index (χ1) is 17.4. The highest BCUT2D eigenvalue weighted by Gasteiger charge is 2.39. The molecule has 2 heterocycles. The minimum absolute atomic E-state index is 0.0104. The molecule has 0 radical (unpaired) electrons. The van der Waals surface area contributed by atoms with Gasteiger partial charge in [-0.3, -0.25) is 14.4 Å². The molecular formula is C26H33N5O4S. The Morgan fingerprint density at radius 2 is 1.75 bits per heavy atom. The molecule has 1 aromatic carbocycles. The van der Waals surface area contributed by atoms with Crippen molar-refractivity contribution in [3.63, 3.8) is 0 Å². The number of urea groups is 1. The SMILES string of the molecule is NC(=O)[C@H](CC1CCCCC1)NC(=O)[C@@H]1CN(C(=O)Nc2ccccc2)CCN1C(=O)c1cccs1. The van der Waals surface area contributed by atoms with Crippen molar-refractivity contribution in [3.05, 3.63) is 52.7 Å². The van der Waals surface area contributed by atoms with Crippen LogP contribution in [0.2, 0.25) is 0 Å². The summed E-state index contributed by atoms with van der Waals surface area (Å²) < 4.78 is 0. The summed E-state index contributed by atoms with van der Waals surface area (Å²) in [5.74, 6) is -0.993. The number of primary amides is 1. The maximum absolute atomic E-state index is 13.5. The predicted molar refractivity (Wildman–Crippen MR) is 138 cm³/mol. The number of rotatable bonds is 7. The molecule has 1 aromatic heterocycles. The number of thiophene rings is 1. The van der Waals surface area contributed by atoms with Gasteiger partial charge in [0.2, 0.25) is 11.8 Å². The standard InChI is InChI=1S/C26H33N5O4S/c27-23(32)20(16-18-8-3-1-4-9-18)29-24(33)21-17-30(26(35)28-19-10-5-2-6-11-19)13-14-31(21)25(34)22-12-7-15-36-22/h2,5-7,10-12,15,18,20-21H,1,3-4,8-9,13-14,16-17H2,(H2,27,32)(H,28,35)(H,29,33)/t20-,21-/m0/s1. The van der Waals surface area contributed by atoms with Crippen LogP contribution in [-0.4, -0.2) is 65.3 Å². The number of carbonyl (C=O) groups excluding carboxylic acids is 4. The fraction of sp³-hybridized carbons (Fsp3) is 0.462. The zero-order valence-corrected chi connectivity index (χ0v) is 21.0. The first-order valence-electron chi connectivity index (χ1n) is 12.5. The van der Waals surface area contributed by atoms with Gasteiger partial charge < -0.3 is 26.2 Å². The van der Waals surface area contributed by atoms with Crippen LogP contribution >= 0.6 is 11.3 Å². The Morgan fingerprint density at radius 1 is 1.00 bits per heavy atom. The molecule has 9 nitrogen and oxygen atoms in total. The zero-order valence-electron chi connectivity index (χ0n) is 20.2. The van der Waals surface area contributed by atoms with Gasteiger partial charge in [0.05, 0.1) is 11.4 Å². The first-order valence-corrected chi connectivity index (χ1v) is 13.4. The Bertz CT molecular complexity index is 1060. The number of piperazine rings is 1. The monoisotopic (exact) mass is 511 g/mol. The van der Waals surface area contributed by atoms with Crippen molar-refractivity contribution < 1.29 is 19.2 Å². The van der Waals surface area contributed by atoms with Crippen LogP contribution in [0, 0.1) is 5.92 Å². The van der Waals surface area contributed by atoms with E-state index in [2.05, 4.69) is 10.6 Å².